The van der Waals surface area contributed by atoms with E-state index in [1.165, 1.54) is 17.1 Å². The average Bonchev–Trinajstić information content (AvgIpc) is 3.81. The molecular formula is C36H54N4O8S. The van der Waals surface area contributed by atoms with Crippen molar-refractivity contribution in [3.05, 3.63) is 54.1 Å². The molecule has 0 spiro atoms. The minimum absolute atomic E-state index is 0.0190. The van der Waals surface area contributed by atoms with Crippen molar-refractivity contribution in [1.29, 1.82) is 0 Å². The van der Waals surface area contributed by atoms with Gasteiger partial charge in [0.2, 0.25) is 11.8 Å². The van der Waals surface area contributed by atoms with Gasteiger partial charge in [0.25, 0.3) is 0 Å². The number of ether oxygens (including phenoxy) is 1. The van der Waals surface area contributed by atoms with Crippen LogP contribution in [0.15, 0.2) is 42.9 Å². The lowest BCUT2D eigenvalue weighted by Crippen LogP contribution is -2.56. The number of amides is 2. The van der Waals surface area contributed by atoms with Crippen LogP contribution in [0.4, 0.5) is 4.79 Å². The van der Waals surface area contributed by atoms with Gasteiger partial charge in [0.15, 0.2) is 9.84 Å². The maximum Gasteiger partial charge on any atom is 0.419 e. The number of benzene rings is 1. The first-order chi connectivity index (χ1) is 23.2. The van der Waals surface area contributed by atoms with Gasteiger partial charge in [-0.1, -0.05) is 62.4 Å². The molecule has 0 aliphatic heterocycles. The van der Waals surface area contributed by atoms with Gasteiger partial charge in [0.1, 0.15) is 18.5 Å². The van der Waals surface area contributed by atoms with E-state index in [2.05, 4.69) is 15.6 Å². The van der Waals surface area contributed by atoms with Crippen LogP contribution in [0.25, 0.3) is 0 Å². The molecule has 5 atom stereocenters. The zero-order valence-electron chi connectivity index (χ0n) is 29.2. The Kier molecular flexibility index (Phi) is 13.4. The summed E-state index contributed by atoms with van der Waals surface area (Å²) in [4.78, 5) is 44.6. The van der Waals surface area contributed by atoms with Crippen LogP contribution < -0.4 is 10.6 Å². The van der Waals surface area contributed by atoms with Gasteiger partial charge >= 0.3 is 6.09 Å². The molecule has 2 aliphatic rings. The summed E-state index contributed by atoms with van der Waals surface area (Å²) in [5, 5.41) is 27.9. The number of carbonyl (C=O) groups excluding carboxylic acids is 3. The smallest absolute Gasteiger partial charge is 0.419 e. The number of imidazole rings is 1. The fourth-order valence-electron chi connectivity index (χ4n) is 6.54. The fraction of sp³-hybridized carbons (Fsp3) is 0.667. The number of aliphatic hydroxyl groups excluding tert-OH is 2. The molecule has 2 amide bonds. The lowest BCUT2D eigenvalue weighted by molar-refractivity contribution is -0.130. The van der Waals surface area contributed by atoms with Gasteiger partial charge in [0.05, 0.1) is 34.9 Å². The SMILES string of the molecule is CCOC(=O)n1cncc1CC(NC(=O)CC(CS(=O)(=O)C(C)(C)C)c1ccccc1)C(=O)NC(CC1CCCCC1)C(O)C(O)C1CC1. The van der Waals surface area contributed by atoms with Crippen LogP contribution in [0.1, 0.15) is 103 Å². The molecule has 13 heteroatoms. The van der Waals surface area contributed by atoms with Gasteiger partial charge in [-0.3, -0.25) is 9.59 Å². The maximum absolute atomic E-state index is 14.1. The number of aliphatic hydroxyl groups is 2. The van der Waals surface area contributed by atoms with Crippen molar-refractivity contribution in [2.24, 2.45) is 11.8 Å². The molecule has 4 rings (SSSR count). The number of carbonyl (C=O) groups is 3. The van der Waals surface area contributed by atoms with E-state index in [-0.39, 0.29) is 37.0 Å². The van der Waals surface area contributed by atoms with Gasteiger partial charge < -0.3 is 25.6 Å². The molecule has 0 bridgehead atoms. The van der Waals surface area contributed by atoms with Crippen molar-refractivity contribution in [2.45, 2.75) is 127 Å². The standard InChI is InChI=1S/C36H54N4O8S/c1-5-48-35(45)40-23-37-21-28(40)20-30(34(44)39-29(18-24-12-8-6-9-13-24)33(43)32(42)26-16-17-26)38-31(41)19-27(25-14-10-7-11-15-25)22-49(46,47)36(2,3)4/h7,10-11,14-15,21,23-24,26-27,29-30,32-33,42-43H,5-6,8-9,12-13,16-20,22H2,1-4H3,(H,38,41)(H,39,44). The van der Waals surface area contributed by atoms with Gasteiger partial charge in [-0.2, -0.15) is 0 Å². The van der Waals surface area contributed by atoms with E-state index in [0.29, 0.717) is 17.7 Å². The summed E-state index contributed by atoms with van der Waals surface area (Å²) in [5.74, 6) is -1.85. The van der Waals surface area contributed by atoms with E-state index in [0.717, 1.165) is 44.9 Å². The number of hydrogen-bond acceptors (Lipinski definition) is 9. The summed E-state index contributed by atoms with van der Waals surface area (Å²) >= 11 is 0. The first-order valence-electron chi connectivity index (χ1n) is 17.6. The molecule has 1 aromatic heterocycles. The summed E-state index contributed by atoms with van der Waals surface area (Å²) in [6.45, 7) is 6.66. The highest BCUT2D eigenvalue weighted by Crippen LogP contribution is 2.36. The normalized spacial score (nSPS) is 18.9. The van der Waals surface area contributed by atoms with Crippen molar-refractivity contribution in [2.75, 3.05) is 12.4 Å². The largest absolute Gasteiger partial charge is 0.449 e. The van der Waals surface area contributed by atoms with Crippen molar-refractivity contribution in [3.8, 4) is 0 Å². The van der Waals surface area contributed by atoms with E-state index in [4.69, 9.17) is 4.74 Å². The molecule has 1 aromatic carbocycles. The third-order valence-electron chi connectivity index (χ3n) is 9.81. The molecule has 1 heterocycles. The second-order valence-electron chi connectivity index (χ2n) is 14.7. The summed E-state index contributed by atoms with van der Waals surface area (Å²) < 4.78 is 31.8. The van der Waals surface area contributed by atoms with Crippen LogP contribution in [0.2, 0.25) is 0 Å². The topological polar surface area (TPSA) is 177 Å². The van der Waals surface area contributed by atoms with E-state index < -0.39 is 62.7 Å². The molecule has 2 saturated carbocycles. The van der Waals surface area contributed by atoms with E-state index in [1.807, 2.05) is 6.07 Å². The molecule has 2 fully saturated rings. The molecule has 272 valence electrons. The highest BCUT2D eigenvalue weighted by Gasteiger charge is 2.40. The highest BCUT2D eigenvalue weighted by atomic mass is 32.2. The Morgan fingerprint density at radius 2 is 1.69 bits per heavy atom. The predicted octanol–water partition coefficient (Wildman–Crippen LogP) is 3.89. The van der Waals surface area contributed by atoms with Crippen LogP contribution >= 0.6 is 0 Å². The van der Waals surface area contributed by atoms with Gasteiger partial charge in [-0.25, -0.2) is 22.8 Å². The number of aromatic nitrogens is 2. The Morgan fingerprint density at radius 1 is 1.02 bits per heavy atom. The van der Waals surface area contributed by atoms with E-state index in [9.17, 15) is 33.0 Å². The lowest BCUT2D eigenvalue weighted by Gasteiger charge is -2.33. The quantitative estimate of drug-likeness (QED) is 0.202. The third kappa shape index (κ3) is 10.8. The second-order valence-corrected chi connectivity index (χ2v) is 17.4. The Bertz CT molecular complexity index is 1500. The van der Waals surface area contributed by atoms with E-state index in [1.54, 1.807) is 52.0 Å². The van der Waals surface area contributed by atoms with Crippen molar-refractivity contribution < 1.29 is 37.8 Å². The summed E-state index contributed by atoms with van der Waals surface area (Å²) in [6, 6.07) is 6.96. The zero-order valence-corrected chi connectivity index (χ0v) is 30.0. The minimum atomic E-state index is -3.62. The molecule has 4 N–H and O–H groups in total. The van der Waals surface area contributed by atoms with Crippen molar-refractivity contribution in [3.63, 3.8) is 0 Å². The number of sulfone groups is 1. The zero-order chi connectivity index (χ0) is 35.8. The average molecular weight is 703 g/mol. The molecule has 0 radical (unpaired) electrons. The van der Waals surface area contributed by atoms with Gasteiger partial charge in [-0.15, -0.1) is 0 Å². The van der Waals surface area contributed by atoms with Crippen LogP contribution in [-0.4, -0.2) is 87.5 Å². The molecule has 0 saturated heterocycles. The first-order valence-corrected chi connectivity index (χ1v) is 19.3. The predicted molar refractivity (Wildman–Crippen MR) is 185 cm³/mol. The number of nitrogens with one attached hydrogen (secondary N) is 2. The minimum Gasteiger partial charge on any atom is -0.449 e. The monoisotopic (exact) mass is 702 g/mol. The van der Waals surface area contributed by atoms with Crippen molar-refractivity contribution in [1.82, 2.24) is 20.2 Å². The summed E-state index contributed by atoms with van der Waals surface area (Å²) in [6.07, 6.45) is 6.80. The maximum atomic E-state index is 14.1. The van der Waals surface area contributed by atoms with Crippen LogP contribution in [0, 0.1) is 11.8 Å². The Morgan fingerprint density at radius 3 is 2.31 bits per heavy atom. The highest BCUT2D eigenvalue weighted by molar-refractivity contribution is 7.92. The second kappa shape index (κ2) is 17.1. The Hall–Kier alpha value is -3.29. The van der Waals surface area contributed by atoms with Crippen molar-refractivity contribution >= 4 is 27.7 Å². The van der Waals surface area contributed by atoms with Crippen LogP contribution in [0.5, 0.6) is 0 Å². The van der Waals surface area contributed by atoms with Crippen LogP contribution in [-0.2, 0) is 30.6 Å². The molecule has 49 heavy (non-hydrogen) atoms. The summed E-state index contributed by atoms with van der Waals surface area (Å²) in [5.41, 5.74) is 0.993. The Labute approximate surface area is 290 Å². The number of hydrogen-bond donors (Lipinski definition) is 4. The first kappa shape index (κ1) is 38.5. The van der Waals surface area contributed by atoms with Gasteiger partial charge in [0, 0.05) is 25.0 Å². The van der Waals surface area contributed by atoms with Crippen LogP contribution in [0.3, 0.4) is 0 Å². The van der Waals surface area contributed by atoms with Gasteiger partial charge in [-0.05, 0) is 64.4 Å². The Balaban J connectivity index is 1.60. The number of rotatable bonds is 16. The molecule has 2 aliphatic carbocycles. The molecule has 2 aromatic rings. The summed E-state index contributed by atoms with van der Waals surface area (Å²) in [7, 11) is -3.62. The van der Waals surface area contributed by atoms with E-state index >= 15 is 0 Å². The molecular weight excluding hydrogens is 648 g/mol. The fourth-order valence-corrected chi connectivity index (χ4v) is 7.88. The number of nitrogens with zero attached hydrogens (tertiary/aromatic N) is 2. The molecule has 5 unspecified atom stereocenters. The lowest BCUT2D eigenvalue weighted by atomic mass is 9.82. The third-order valence-corrected chi connectivity index (χ3v) is 12.5. The molecule has 12 nitrogen and oxygen atoms in total.